The maximum Gasteiger partial charge on any atom is 0.410 e. The van der Waals surface area contributed by atoms with E-state index in [1.165, 1.54) is 0 Å². The second kappa shape index (κ2) is 7.84. The Kier molecular flexibility index (Phi) is 6.32. The van der Waals surface area contributed by atoms with Crippen LogP contribution in [-0.2, 0) is 9.47 Å². The van der Waals surface area contributed by atoms with E-state index >= 15 is 0 Å². The lowest BCUT2D eigenvalue weighted by molar-refractivity contribution is 0.00113. The van der Waals surface area contributed by atoms with Gasteiger partial charge in [-0.15, -0.1) is 0 Å². The molecular formula is C18H34N2O3. The summed E-state index contributed by atoms with van der Waals surface area (Å²) in [6.45, 7) is 12.2. The zero-order chi connectivity index (χ0) is 17.0. The van der Waals surface area contributed by atoms with Crippen LogP contribution in [0.15, 0.2) is 0 Å². The van der Waals surface area contributed by atoms with E-state index in [0.29, 0.717) is 12.0 Å². The van der Waals surface area contributed by atoms with Gasteiger partial charge in [0.1, 0.15) is 5.60 Å². The summed E-state index contributed by atoms with van der Waals surface area (Å²) in [5, 5.41) is 0. The van der Waals surface area contributed by atoms with Crippen molar-refractivity contribution in [3.63, 3.8) is 0 Å². The van der Waals surface area contributed by atoms with E-state index in [1.54, 1.807) is 0 Å². The molecular weight excluding hydrogens is 292 g/mol. The van der Waals surface area contributed by atoms with Crippen LogP contribution in [0.25, 0.3) is 0 Å². The van der Waals surface area contributed by atoms with Gasteiger partial charge in [-0.2, -0.15) is 0 Å². The van der Waals surface area contributed by atoms with Crippen LogP contribution in [0.5, 0.6) is 0 Å². The van der Waals surface area contributed by atoms with Crippen molar-refractivity contribution < 1.29 is 14.3 Å². The predicted molar refractivity (Wildman–Crippen MR) is 91.6 cm³/mol. The number of hydrogen-bond acceptors (Lipinski definition) is 4. The number of carbonyl (C=O) groups is 1. The quantitative estimate of drug-likeness (QED) is 0.799. The van der Waals surface area contributed by atoms with Crippen molar-refractivity contribution in [2.75, 3.05) is 33.3 Å². The molecule has 1 amide bonds. The van der Waals surface area contributed by atoms with Crippen LogP contribution in [0.3, 0.4) is 0 Å². The van der Waals surface area contributed by atoms with Crippen molar-refractivity contribution in [3.8, 4) is 0 Å². The van der Waals surface area contributed by atoms with Gasteiger partial charge in [0.25, 0.3) is 0 Å². The molecule has 2 saturated heterocycles. The second-order valence-corrected chi connectivity index (χ2v) is 8.15. The number of likely N-dealkylation sites (tertiary alicyclic amines) is 2. The van der Waals surface area contributed by atoms with Crippen LogP contribution < -0.4 is 0 Å². The Hall–Kier alpha value is -0.810. The molecule has 0 spiro atoms. The highest BCUT2D eigenvalue weighted by atomic mass is 16.6. The van der Waals surface area contributed by atoms with Crippen molar-refractivity contribution in [3.05, 3.63) is 0 Å². The third-order valence-corrected chi connectivity index (χ3v) is 5.00. The van der Waals surface area contributed by atoms with Gasteiger partial charge in [0.15, 0.2) is 0 Å². The van der Waals surface area contributed by atoms with E-state index in [1.807, 2.05) is 32.8 Å². The molecule has 0 saturated carbocycles. The average Bonchev–Trinajstić information content (AvgIpc) is 2.46. The first-order valence-corrected chi connectivity index (χ1v) is 9.03. The van der Waals surface area contributed by atoms with Crippen molar-refractivity contribution in [2.45, 2.75) is 71.1 Å². The molecule has 23 heavy (non-hydrogen) atoms. The fourth-order valence-electron chi connectivity index (χ4n) is 3.72. The van der Waals surface area contributed by atoms with E-state index in [-0.39, 0.29) is 12.1 Å². The molecule has 2 heterocycles. The van der Waals surface area contributed by atoms with E-state index in [2.05, 4.69) is 11.8 Å². The van der Waals surface area contributed by atoms with Crippen LogP contribution >= 0.6 is 0 Å². The molecule has 0 bridgehead atoms. The first-order valence-electron chi connectivity index (χ1n) is 9.03. The van der Waals surface area contributed by atoms with Gasteiger partial charge in [-0.1, -0.05) is 0 Å². The lowest BCUT2D eigenvalue weighted by Crippen LogP contribution is -2.49. The molecule has 0 aromatic carbocycles. The molecule has 0 unspecified atom stereocenters. The average molecular weight is 326 g/mol. The zero-order valence-corrected chi connectivity index (χ0v) is 15.5. The summed E-state index contributed by atoms with van der Waals surface area (Å²) in [4.78, 5) is 16.7. The summed E-state index contributed by atoms with van der Waals surface area (Å²) in [6.07, 6.45) is 4.71. The maximum absolute atomic E-state index is 12.3. The fourth-order valence-corrected chi connectivity index (χ4v) is 3.72. The number of hydrogen-bond donors (Lipinski definition) is 0. The van der Waals surface area contributed by atoms with Crippen LogP contribution in [0, 0.1) is 5.92 Å². The molecule has 5 heteroatoms. The highest BCUT2D eigenvalue weighted by molar-refractivity contribution is 5.68. The van der Waals surface area contributed by atoms with E-state index in [9.17, 15) is 4.79 Å². The molecule has 0 N–H and O–H groups in total. The Morgan fingerprint density at radius 2 is 1.78 bits per heavy atom. The Morgan fingerprint density at radius 3 is 2.30 bits per heavy atom. The highest BCUT2D eigenvalue weighted by Crippen LogP contribution is 2.26. The van der Waals surface area contributed by atoms with Crippen molar-refractivity contribution in [1.29, 1.82) is 0 Å². The third kappa shape index (κ3) is 5.64. The highest BCUT2D eigenvalue weighted by Gasteiger charge is 2.32. The molecule has 5 nitrogen and oxygen atoms in total. The molecule has 2 rings (SSSR count). The van der Waals surface area contributed by atoms with Gasteiger partial charge < -0.3 is 19.3 Å². The van der Waals surface area contributed by atoms with E-state index in [4.69, 9.17) is 9.47 Å². The lowest BCUT2D eigenvalue weighted by Gasteiger charge is -2.41. The number of carbonyl (C=O) groups excluding carboxylic acids is 1. The summed E-state index contributed by atoms with van der Waals surface area (Å²) in [5.74, 6) is 0.683. The van der Waals surface area contributed by atoms with Gasteiger partial charge >= 0.3 is 6.09 Å². The minimum atomic E-state index is -0.417. The number of methoxy groups -OCH3 is 1. The SMILES string of the molecule is COC1CCN(C[C@@H]2CCN(C(=O)OC(C)(C)C)[C@H](C)C2)CC1. The molecule has 2 atom stereocenters. The first-order chi connectivity index (χ1) is 10.8. The Bertz CT molecular complexity index is 386. The minimum Gasteiger partial charge on any atom is -0.444 e. The van der Waals surface area contributed by atoms with Crippen LogP contribution in [-0.4, -0.2) is 66.9 Å². The minimum absolute atomic E-state index is 0.163. The molecule has 0 radical (unpaired) electrons. The smallest absolute Gasteiger partial charge is 0.410 e. The summed E-state index contributed by atoms with van der Waals surface area (Å²) in [7, 11) is 1.81. The number of nitrogens with zero attached hydrogens (tertiary/aromatic N) is 2. The summed E-state index contributed by atoms with van der Waals surface area (Å²) in [5.41, 5.74) is -0.417. The standard InChI is InChI=1S/C18H34N2O3/c1-14-12-15(13-19-9-7-16(22-5)8-10-19)6-11-20(14)17(21)23-18(2,3)4/h14-16H,6-13H2,1-5H3/t14-,15-/m1/s1. The molecule has 0 aromatic rings. The van der Waals surface area contributed by atoms with Gasteiger partial charge in [-0.3, -0.25) is 0 Å². The normalized spacial score (nSPS) is 28.0. The summed E-state index contributed by atoms with van der Waals surface area (Å²) < 4.78 is 11.0. The Balaban J connectivity index is 1.76. The van der Waals surface area contributed by atoms with Crippen molar-refractivity contribution in [2.24, 2.45) is 5.92 Å². The van der Waals surface area contributed by atoms with Crippen molar-refractivity contribution >= 4 is 6.09 Å². The summed E-state index contributed by atoms with van der Waals surface area (Å²) >= 11 is 0. The van der Waals surface area contributed by atoms with Crippen LogP contribution in [0.1, 0.15) is 53.4 Å². The molecule has 0 aliphatic carbocycles. The molecule has 0 aromatic heterocycles. The molecule has 2 aliphatic heterocycles. The lowest BCUT2D eigenvalue weighted by atomic mass is 9.90. The van der Waals surface area contributed by atoms with Gasteiger partial charge in [-0.25, -0.2) is 4.79 Å². The van der Waals surface area contributed by atoms with E-state index < -0.39 is 5.60 Å². The topological polar surface area (TPSA) is 42.0 Å². The third-order valence-electron chi connectivity index (χ3n) is 5.00. The number of piperidine rings is 2. The fraction of sp³-hybridized carbons (Fsp3) is 0.944. The number of ether oxygens (including phenoxy) is 2. The zero-order valence-electron chi connectivity index (χ0n) is 15.5. The van der Waals surface area contributed by atoms with E-state index in [0.717, 1.165) is 51.9 Å². The molecule has 2 aliphatic rings. The Morgan fingerprint density at radius 1 is 1.13 bits per heavy atom. The van der Waals surface area contributed by atoms with Gasteiger partial charge in [0, 0.05) is 39.3 Å². The number of rotatable bonds is 3. The van der Waals surface area contributed by atoms with Crippen LogP contribution in [0.2, 0.25) is 0 Å². The second-order valence-electron chi connectivity index (χ2n) is 8.15. The van der Waals surface area contributed by atoms with Crippen LogP contribution in [0.4, 0.5) is 4.79 Å². The van der Waals surface area contributed by atoms with Crippen molar-refractivity contribution in [1.82, 2.24) is 9.80 Å². The monoisotopic (exact) mass is 326 g/mol. The first kappa shape index (κ1) is 18.5. The summed E-state index contributed by atoms with van der Waals surface area (Å²) in [6, 6.07) is 0.264. The maximum atomic E-state index is 12.3. The van der Waals surface area contributed by atoms with Gasteiger partial charge in [-0.05, 0) is 59.3 Å². The molecule has 2 fully saturated rings. The van der Waals surface area contributed by atoms with Gasteiger partial charge in [0.2, 0.25) is 0 Å². The largest absolute Gasteiger partial charge is 0.444 e. The number of amides is 1. The Labute approximate surface area is 141 Å². The molecule has 134 valence electrons. The predicted octanol–water partition coefficient (Wildman–Crippen LogP) is 3.13. The van der Waals surface area contributed by atoms with Gasteiger partial charge in [0.05, 0.1) is 6.10 Å².